The van der Waals surface area contributed by atoms with E-state index >= 15 is 0 Å². The van der Waals surface area contributed by atoms with Gasteiger partial charge in [-0.05, 0) is 18.2 Å². The van der Waals surface area contributed by atoms with Gasteiger partial charge in [-0.2, -0.15) is 0 Å². The molecule has 0 heterocycles. The number of carbonyl (C=O) groups excluding carboxylic acids is 2. The molecule has 0 aromatic heterocycles. The third kappa shape index (κ3) is 4.99. The third-order valence-electron chi connectivity index (χ3n) is 1.93. The first-order valence-corrected chi connectivity index (χ1v) is 6.00. The molecule has 5 heteroatoms. The fraction of sp³-hybridized carbons (Fsp3) is 0.333. The highest BCUT2D eigenvalue weighted by atomic mass is 79.9. The Hall–Kier alpha value is -1.36. The Morgan fingerprint density at radius 2 is 2.12 bits per heavy atom. The molecule has 1 aromatic carbocycles. The molecule has 1 amide bonds. The van der Waals surface area contributed by atoms with Crippen LogP contribution in [0, 0.1) is 5.92 Å². The Labute approximate surface area is 108 Å². The van der Waals surface area contributed by atoms with E-state index in [4.69, 9.17) is 4.74 Å². The maximum atomic E-state index is 11.4. The van der Waals surface area contributed by atoms with Crippen LogP contribution in [0.1, 0.15) is 13.8 Å². The van der Waals surface area contributed by atoms with Crippen molar-refractivity contribution in [3.8, 4) is 0 Å². The lowest BCUT2D eigenvalue weighted by Gasteiger charge is -2.08. The van der Waals surface area contributed by atoms with E-state index in [0.717, 1.165) is 4.47 Å². The minimum absolute atomic E-state index is 0.228. The van der Waals surface area contributed by atoms with Gasteiger partial charge in [-0.1, -0.05) is 35.8 Å². The molecule has 0 fully saturated rings. The van der Waals surface area contributed by atoms with Gasteiger partial charge in [-0.3, -0.25) is 9.59 Å². The van der Waals surface area contributed by atoms with Crippen LogP contribution in [0.25, 0.3) is 0 Å². The molecular formula is C12H14BrNO3. The molecule has 0 saturated heterocycles. The van der Waals surface area contributed by atoms with Crippen LogP contribution in [0.2, 0.25) is 0 Å². The van der Waals surface area contributed by atoms with Crippen LogP contribution >= 0.6 is 15.9 Å². The fourth-order valence-electron chi connectivity index (χ4n) is 1.07. The zero-order valence-electron chi connectivity index (χ0n) is 9.70. The zero-order chi connectivity index (χ0) is 12.8. The quantitative estimate of drug-likeness (QED) is 0.870. The molecule has 0 bridgehead atoms. The van der Waals surface area contributed by atoms with Gasteiger partial charge in [0.15, 0.2) is 6.61 Å². The number of esters is 1. The van der Waals surface area contributed by atoms with E-state index in [9.17, 15) is 9.59 Å². The largest absolute Gasteiger partial charge is 0.455 e. The summed E-state index contributed by atoms with van der Waals surface area (Å²) < 4.78 is 5.67. The lowest BCUT2D eigenvalue weighted by Crippen LogP contribution is -2.22. The number of anilines is 1. The molecule has 0 unspecified atom stereocenters. The van der Waals surface area contributed by atoms with E-state index in [1.807, 2.05) is 6.07 Å². The topological polar surface area (TPSA) is 55.4 Å². The van der Waals surface area contributed by atoms with E-state index in [0.29, 0.717) is 5.69 Å². The number of hydrogen-bond donors (Lipinski definition) is 1. The van der Waals surface area contributed by atoms with Crippen molar-refractivity contribution < 1.29 is 14.3 Å². The monoisotopic (exact) mass is 299 g/mol. The molecule has 0 spiro atoms. The molecule has 0 atom stereocenters. The van der Waals surface area contributed by atoms with Gasteiger partial charge >= 0.3 is 5.97 Å². The van der Waals surface area contributed by atoms with Crippen LogP contribution in [0.15, 0.2) is 28.7 Å². The van der Waals surface area contributed by atoms with E-state index in [2.05, 4.69) is 21.2 Å². The van der Waals surface area contributed by atoms with E-state index in [1.54, 1.807) is 32.0 Å². The molecule has 0 radical (unpaired) electrons. The predicted molar refractivity (Wildman–Crippen MR) is 68.6 cm³/mol. The predicted octanol–water partition coefficient (Wildman–Crippen LogP) is 2.59. The Morgan fingerprint density at radius 3 is 2.71 bits per heavy atom. The van der Waals surface area contributed by atoms with Gasteiger partial charge in [-0.15, -0.1) is 0 Å². The molecule has 0 aliphatic heterocycles. The number of ether oxygens (including phenoxy) is 1. The van der Waals surface area contributed by atoms with E-state index in [-0.39, 0.29) is 24.4 Å². The Balaban J connectivity index is 2.43. The van der Waals surface area contributed by atoms with Crippen LogP contribution in [-0.2, 0) is 14.3 Å². The van der Waals surface area contributed by atoms with Crippen LogP contribution in [0.4, 0.5) is 5.69 Å². The minimum atomic E-state index is -0.380. The Bertz CT molecular complexity index is 418. The van der Waals surface area contributed by atoms with Crippen molar-refractivity contribution in [1.29, 1.82) is 0 Å². The minimum Gasteiger partial charge on any atom is -0.455 e. The van der Waals surface area contributed by atoms with Gasteiger partial charge in [0.2, 0.25) is 0 Å². The number of carbonyl (C=O) groups is 2. The molecule has 17 heavy (non-hydrogen) atoms. The second-order valence-corrected chi connectivity index (χ2v) is 4.74. The molecule has 0 aliphatic carbocycles. The normalized spacial score (nSPS) is 10.1. The van der Waals surface area contributed by atoms with Crippen LogP contribution in [-0.4, -0.2) is 18.5 Å². The smallest absolute Gasteiger partial charge is 0.308 e. The second kappa shape index (κ2) is 6.39. The first kappa shape index (κ1) is 13.7. The second-order valence-electron chi connectivity index (χ2n) is 3.82. The van der Waals surface area contributed by atoms with Crippen molar-refractivity contribution in [1.82, 2.24) is 0 Å². The Morgan fingerprint density at radius 1 is 1.41 bits per heavy atom. The van der Waals surface area contributed by atoms with Gasteiger partial charge in [0.1, 0.15) is 0 Å². The standard InChI is InChI=1S/C12H14BrNO3/c1-8(2)12(16)17-7-11(15)14-10-5-3-4-9(13)6-10/h3-6,8H,7H2,1-2H3,(H,14,15). The van der Waals surface area contributed by atoms with Crippen LogP contribution < -0.4 is 5.32 Å². The van der Waals surface area contributed by atoms with Gasteiger partial charge in [-0.25, -0.2) is 0 Å². The molecule has 0 saturated carbocycles. The number of halogens is 1. The molecule has 1 rings (SSSR count). The van der Waals surface area contributed by atoms with Crippen molar-refractivity contribution >= 4 is 33.5 Å². The maximum absolute atomic E-state index is 11.4. The zero-order valence-corrected chi connectivity index (χ0v) is 11.3. The SMILES string of the molecule is CC(C)C(=O)OCC(=O)Nc1cccc(Br)c1. The number of hydrogen-bond acceptors (Lipinski definition) is 3. The molecule has 0 aliphatic rings. The average molecular weight is 300 g/mol. The molecule has 92 valence electrons. The molecule has 4 nitrogen and oxygen atoms in total. The first-order chi connectivity index (χ1) is 7.99. The van der Waals surface area contributed by atoms with E-state index in [1.165, 1.54) is 0 Å². The summed E-state index contributed by atoms with van der Waals surface area (Å²) in [4.78, 5) is 22.6. The summed E-state index contributed by atoms with van der Waals surface area (Å²) in [5.74, 6) is -0.958. The lowest BCUT2D eigenvalue weighted by atomic mass is 10.2. The number of rotatable bonds is 4. The van der Waals surface area contributed by atoms with Crippen molar-refractivity contribution in [3.63, 3.8) is 0 Å². The summed E-state index contributed by atoms with van der Waals surface area (Å²) in [5, 5.41) is 2.63. The van der Waals surface area contributed by atoms with Crippen molar-refractivity contribution in [2.24, 2.45) is 5.92 Å². The molecular weight excluding hydrogens is 286 g/mol. The van der Waals surface area contributed by atoms with Crippen molar-refractivity contribution in [2.45, 2.75) is 13.8 Å². The van der Waals surface area contributed by atoms with Gasteiger partial charge in [0.25, 0.3) is 5.91 Å². The lowest BCUT2D eigenvalue weighted by molar-refractivity contribution is -0.150. The number of benzene rings is 1. The van der Waals surface area contributed by atoms with Gasteiger partial charge in [0.05, 0.1) is 5.92 Å². The van der Waals surface area contributed by atoms with Crippen LogP contribution in [0.5, 0.6) is 0 Å². The van der Waals surface area contributed by atoms with Gasteiger partial charge < -0.3 is 10.1 Å². The number of amides is 1. The summed E-state index contributed by atoms with van der Waals surface area (Å²) in [6, 6.07) is 7.18. The van der Waals surface area contributed by atoms with Crippen LogP contribution in [0.3, 0.4) is 0 Å². The highest BCUT2D eigenvalue weighted by Gasteiger charge is 2.11. The molecule has 1 N–H and O–H groups in total. The molecule has 1 aromatic rings. The average Bonchev–Trinajstić information content (AvgIpc) is 2.25. The first-order valence-electron chi connectivity index (χ1n) is 5.21. The number of nitrogens with one attached hydrogen (secondary N) is 1. The maximum Gasteiger partial charge on any atom is 0.308 e. The summed E-state index contributed by atoms with van der Waals surface area (Å²) in [6.45, 7) is 3.17. The highest BCUT2D eigenvalue weighted by Crippen LogP contribution is 2.15. The summed E-state index contributed by atoms with van der Waals surface area (Å²) >= 11 is 3.30. The fourth-order valence-corrected chi connectivity index (χ4v) is 1.47. The Kier molecular flexibility index (Phi) is 5.15. The van der Waals surface area contributed by atoms with Crippen molar-refractivity contribution in [3.05, 3.63) is 28.7 Å². The van der Waals surface area contributed by atoms with E-state index < -0.39 is 0 Å². The summed E-state index contributed by atoms with van der Waals surface area (Å²) in [7, 11) is 0. The summed E-state index contributed by atoms with van der Waals surface area (Å²) in [5.41, 5.74) is 0.657. The van der Waals surface area contributed by atoms with Crippen molar-refractivity contribution in [2.75, 3.05) is 11.9 Å². The highest BCUT2D eigenvalue weighted by molar-refractivity contribution is 9.10. The third-order valence-corrected chi connectivity index (χ3v) is 2.42. The van der Waals surface area contributed by atoms with Gasteiger partial charge in [0, 0.05) is 10.2 Å². The summed E-state index contributed by atoms with van der Waals surface area (Å²) in [6.07, 6.45) is 0.